The Bertz CT molecular complexity index is 592. The second kappa shape index (κ2) is 8.78. The molecule has 1 aromatic rings. The number of nitrogens with zero attached hydrogens (tertiary/aromatic N) is 1. The molecule has 5 nitrogen and oxygen atoms in total. The monoisotopic (exact) mass is 353 g/mol. The topological polar surface area (TPSA) is 61.4 Å². The van der Waals surface area contributed by atoms with Crippen molar-refractivity contribution < 1.29 is 18.4 Å². The smallest absolute Gasteiger partial charge is 0.319 e. The number of nitrogens with one attached hydrogen (secondary N) is 2. The average molecular weight is 353 g/mol. The van der Waals surface area contributed by atoms with Crippen LogP contribution in [0.1, 0.15) is 39.5 Å². The van der Waals surface area contributed by atoms with E-state index in [0.29, 0.717) is 25.9 Å². The Morgan fingerprint density at radius 3 is 2.20 bits per heavy atom. The molecule has 0 saturated carbocycles. The Labute approximate surface area is 146 Å². The summed E-state index contributed by atoms with van der Waals surface area (Å²) in [6.45, 7) is 5.24. The molecule has 138 valence electrons. The standard InChI is InChI=1S/C18H25F2N3O2/c1-3-12(4-2)17(24)23-7-5-15(6-8-23)21-18(25)22-16-10-13(19)9-14(20)11-16/h9-12,15H,3-8H2,1-2H3,(H2,21,22,25). The Morgan fingerprint density at radius 1 is 1.12 bits per heavy atom. The first kappa shape index (κ1) is 19.1. The van der Waals surface area contributed by atoms with Gasteiger partial charge < -0.3 is 15.5 Å². The molecule has 1 aromatic carbocycles. The van der Waals surface area contributed by atoms with Crippen molar-refractivity contribution in [1.82, 2.24) is 10.2 Å². The van der Waals surface area contributed by atoms with Crippen molar-refractivity contribution in [3.05, 3.63) is 29.8 Å². The summed E-state index contributed by atoms with van der Waals surface area (Å²) in [6, 6.07) is 2.29. The van der Waals surface area contributed by atoms with Gasteiger partial charge in [0.1, 0.15) is 11.6 Å². The Kier molecular flexibility index (Phi) is 6.73. The van der Waals surface area contributed by atoms with Gasteiger partial charge in [-0.15, -0.1) is 0 Å². The van der Waals surface area contributed by atoms with Gasteiger partial charge in [-0.25, -0.2) is 13.6 Å². The summed E-state index contributed by atoms with van der Waals surface area (Å²) in [5, 5.41) is 5.22. The first-order chi connectivity index (χ1) is 11.9. The zero-order valence-electron chi connectivity index (χ0n) is 14.6. The number of carbonyl (C=O) groups excluding carboxylic acids is 2. The van der Waals surface area contributed by atoms with Crippen molar-refractivity contribution in [1.29, 1.82) is 0 Å². The molecule has 1 aliphatic heterocycles. The highest BCUT2D eigenvalue weighted by Crippen LogP contribution is 2.18. The van der Waals surface area contributed by atoms with Crippen molar-refractivity contribution in [2.45, 2.75) is 45.6 Å². The zero-order valence-corrected chi connectivity index (χ0v) is 14.6. The van der Waals surface area contributed by atoms with Gasteiger partial charge in [-0.2, -0.15) is 0 Å². The minimum absolute atomic E-state index is 0.0654. The van der Waals surface area contributed by atoms with Crippen LogP contribution in [0.4, 0.5) is 19.3 Å². The Balaban J connectivity index is 1.81. The van der Waals surface area contributed by atoms with Gasteiger partial charge in [0.2, 0.25) is 5.91 Å². The molecule has 0 unspecified atom stereocenters. The van der Waals surface area contributed by atoms with Gasteiger partial charge in [-0.1, -0.05) is 13.8 Å². The first-order valence-electron chi connectivity index (χ1n) is 8.75. The maximum Gasteiger partial charge on any atom is 0.319 e. The number of rotatable bonds is 5. The molecule has 1 fully saturated rings. The summed E-state index contributed by atoms with van der Waals surface area (Å²) in [7, 11) is 0. The number of hydrogen-bond donors (Lipinski definition) is 2. The Morgan fingerprint density at radius 2 is 1.68 bits per heavy atom. The SMILES string of the molecule is CCC(CC)C(=O)N1CCC(NC(=O)Nc2cc(F)cc(F)c2)CC1. The second-order valence-electron chi connectivity index (χ2n) is 6.37. The van der Waals surface area contributed by atoms with E-state index in [1.807, 2.05) is 18.7 Å². The van der Waals surface area contributed by atoms with Crippen molar-refractivity contribution in [3.8, 4) is 0 Å². The van der Waals surface area contributed by atoms with E-state index in [-0.39, 0.29) is 23.6 Å². The van der Waals surface area contributed by atoms with E-state index in [1.165, 1.54) is 0 Å². The van der Waals surface area contributed by atoms with Crippen LogP contribution in [0.3, 0.4) is 0 Å². The molecule has 0 spiro atoms. The van der Waals surface area contributed by atoms with E-state index in [0.717, 1.165) is 31.0 Å². The maximum absolute atomic E-state index is 13.1. The summed E-state index contributed by atoms with van der Waals surface area (Å²) in [5.41, 5.74) is 0.0661. The maximum atomic E-state index is 13.1. The fourth-order valence-corrected chi connectivity index (χ4v) is 3.12. The normalized spacial score (nSPS) is 15.3. The number of piperidine rings is 1. The van der Waals surface area contributed by atoms with Crippen LogP contribution in [-0.2, 0) is 4.79 Å². The molecule has 2 rings (SSSR count). The van der Waals surface area contributed by atoms with Gasteiger partial charge in [-0.05, 0) is 37.8 Å². The summed E-state index contributed by atoms with van der Waals surface area (Å²) >= 11 is 0. The van der Waals surface area contributed by atoms with Crippen LogP contribution in [0.15, 0.2) is 18.2 Å². The molecule has 1 aliphatic rings. The minimum Gasteiger partial charge on any atom is -0.342 e. The number of amides is 3. The van der Waals surface area contributed by atoms with Gasteiger partial charge in [0.25, 0.3) is 0 Å². The molecule has 2 N–H and O–H groups in total. The van der Waals surface area contributed by atoms with Crippen LogP contribution < -0.4 is 10.6 Å². The molecule has 0 radical (unpaired) electrons. The van der Waals surface area contributed by atoms with Crippen molar-refractivity contribution in [2.24, 2.45) is 5.92 Å². The number of benzene rings is 1. The summed E-state index contributed by atoms with van der Waals surface area (Å²) in [4.78, 5) is 26.2. The molecule has 0 bridgehead atoms. The lowest BCUT2D eigenvalue weighted by Crippen LogP contribution is -2.48. The van der Waals surface area contributed by atoms with Crippen LogP contribution in [0.25, 0.3) is 0 Å². The highest BCUT2D eigenvalue weighted by molar-refractivity contribution is 5.89. The van der Waals surface area contributed by atoms with Gasteiger partial charge >= 0.3 is 6.03 Å². The molecular formula is C18H25F2N3O2. The number of hydrogen-bond acceptors (Lipinski definition) is 2. The van der Waals surface area contributed by atoms with E-state index in [4.69, 9.17) is 0 Å². The number of carbonyl (C=O) groups is 2. The van der Waals surface area contributed by atoms with Crippen LogP contribution in [0.2, 0.25) is 0 Å². The molecule has 7 heteroatoms. The molecule has 0 aromatic heterocycles. The summed E-state index contributed by atoms with van der Waals surface area (Å²) in [6.07, 6.45) is 2.99. The fourth-order valence-electron chi connectivity index (χ4n) is 3.12. The summed E-state index contributed by atoms with van der Waals surface area (Å²) < 4.78 is 26.3. The first-order valence-corrected chi connectivity index (χ1v) is 8.75. The predicted molar refractivity (Wildman–Crippen MR) is 92.2 cm³/mol. The van der Waals surface area contributed by atoms with Gasteiger partial charge in [0.15, 0.2) is 0 Å². The van der Waals surface area contributed by atoms with Crippen molar-refractivity contribution >= 4 is 17.6 Å². The average Bonchev–Trinajstić information content (AvgIpc) is 2.55. The molecule has 25 heavy (non-hydrogen) atoms. The van der Waals surface area contributed by atoms with Gasteiger partial charge in [0.05, 0.1) is 0 Å². The second-order valence-corrected chi connectivity index (χ2v) is 6.37. The van der Waals surface area contributed by atoms with Crippen molar-refractivity contribution in [2.75, 3.05) is 18.4 Å². The van der Waals surface area contributed by atoms with E-state index in [2.05, 4.69) is 10.6 Å². The highest BCUT2D eigenvalue weighted by atomic mass is 19.1. The quantitative estimate of drug-likeness (QED) is 0.851. The molecule has 1 saturated heterocycles. The van der Waals surface area contributed by atoms with E-state index < -0.39 is 17.7 Å². The summed E-state index contributed by atoms with van der Waals surface area (Å²) in [5.74, 6) is -1.24. The minimum atomic E-state index is -0.747. The fraction of sp³-hybridized carbons (Fsp3) is 0.556. The zero-order chi connectivity index (χ0) is 18.4. The van der Waals surface area contributed by atoms with E-state index in [1.54, 1.807) is 0 Å². The Hall–Kier alpha value is -2.18. The number of halogens is 2. The van der Waals surface area contributed by atoms with Gasteiger partial charge in [0, 0.05) is 36.8 Å². The van der Waals surface area contributed by atoms with Crippen molar-refractivity contribution in [3.63, 3.8) is 0 Å². The largest absolute Gasteiger partial charge is 0.342 e. The molecule has 0 aliphatic carbocycles. The van der Waals surface area contributed by atoms with Crippen LogP contribution in [0.5, 0.6) is 0 Å². The molecule has 1 heterocycles. The third kappa shape index (κ3) is 5.41. The third-order valence-electron chi connectivity index (χ3n) is 4.60. The highest BCUT2D eigenvalue weighted by Gasteiger charge is 2.27. The lowest BCUT2D eigenvalue weighted by molar-refractivity contribution is -0.136. The lowest BCUT2D eigenvalue weighted by atomic mass is 9.98. The van der Waals surface area contributed by atoms with Gasteiger partial charge in [-0.3, -0.25) is 4.79 Å². The van der Waals surface area contributed by atoms with E-state index in [9.17, 15) is 18.4 Å². The lowest BCUT2D eigenvalue weighted by Gasteiger charge is -2.34. The van der Waals surface area contributed by atoms with Crippen LogP contribution >= 0.6 is 0 Å². The molecular weight excluding hydrogens is 328 g/mol. The number of likely N-dealkylation sites (tertiary alicyclic amines) is 1. The van der Waals surface area contributed by atoms with E-state index >= 15 is 0 Å². The third-order valence-corrected chi connectivity index (χ3v) is 4.60. The number of anilines is 1. The number of urea groups is 1. The molecule has 3 amide bonds. The predicted octanol–water partition coefficient (Wildman–Crippen LogP) is 3.51. The van der Waals surface area contributed by atoms with Crippen LogP contribution in [-0.4, -0.2) is 36.0 Å². The van der Waals surface area contributed by atoms with Crippen LogP contribution in [0, 0.1) is 17.6 Å². The molecule has 0 atom stereocenters.